The first-order valence-corrected chi connectivity index (χ1v) is 7.38. The molecule has 6 heteroatoms. The number of hydrogen-bond donors (Lipinski definition) is 2. The van der Waals surface area contributed by atoms with Gasteiger partial charge in [0.2, 0.25) is 0 Å². The van der Waals surface area contributed by atoms with Crippen molar-refractivity contribution in [3.63, 3.8) is 0 Å². The Hall–Kier alpha value is -3.41. The molecule has 120 valence electrons. The Kier molecular flexibility index (Phi) is 4.67. The number of nitrogens with one attached hydrogen (secondary N) is 1. The van der Waals surface area contributed by atoms with Crippen molar-refractivity contribution in [2.75, 3.05) is 5.73 Å². The van der Waals surface area contributed by atoms with Crippen molar-refractivity contribution in [3.05, 3.63) is 72.6 Å². The number of ether oxygens (including phenoxy) is 1. The maximum absolute atomic E-state index is 11.8. The number of rotatable bonds is 4. The maximum Gasteiger partial charge on any atom is 0.412 e. The Balaban J connectivity index is 1.57. The van der Waals surface area contributed by atoms with Crippen LogP contribution in [0.1, 0.15) is 5.56 Å². The number of nitrogen functional groups attached to an aromatic ring is 1. The van der Waals surface area contributed by atoms with E-state index in [1.165, 1.54) is 12.4 Å². The number of hydrogen-bond acceptors (Lipinski definition) is 5. The molecule has 0 saturated heterocycles. The molecule has 1 amide bonds. The van der Waals surface area contributed by atoms with Crippen LogP contribution in [-0.2, 0) is 6.54 Å². The lowest BCUT2D eigenvalue weighted by molar-refractivity contribution is 0.199. The van der Waals surface area contributed by atoms with Crippen molar-refractivity contribution >= 4 is 11.8 Å². The van der Waals surface area contributed by atoms with E-state index >= 15 is 0 Å². The summed E-state index contributed by atoms with van der Waals surface area (Å²) < 4.78 is 5.15. The summed E-state index contributed by atoms with van der Waals surface area (Å²) in [5.74, 6) is 0.850. The molecule has 2 aromatic carbocycles. The maximum atomic E-state index is 11.8. The van der Waals surface area contributed by atoms with Gasteiger partial charge in [0.1, 0.15) is 0 Å². The van der Waals surface area contributed by atoms with Gasteiger partial charge in [-0.25, -0.2) is 14.8 Å². The zero-order chi connectivity index (χ0) is 16.8. The van der Waals surface area contributed by atoms with E-state index in [4.69, 9.17) is 10.5 Å². The minimum atomic E-state index is -0.575. The second-order valence-electron chi connectivity index (χ2n) is 5.10. The highest BCUT2D eigenvalue weighted by Gasteiger charge is 2.06. The fourth-order valence-electron chi connectivity index (χ4n) is 2.13. The number of carbonyl (C=O) groups excluding carboxylic acids is 1. The molecule has 0 aliphatic heterocycles. The highest BCUT2D eigenvalue weighted by molar-refractivity contribution is 5.70. The van der Waals surface area contributed by atoms with Crippen LogP contribution in [0.5, 0.6) is 5.75 Å². The van der Waals surface area contributed by atoms with Gasteiger partial charge in [0, 0.05) is 17.8 Å². The Labute approximate surface area is 139 Å². The lowest BCUT2D eigenvalue weighted by Crippen LogP contribution is -2.26. The van der Waals surface area contributed by atoms with Crippen LogP contribution in [0.3, 0.4) is 0 Å². The van der Waals surface area contributed by atoms with Gasteiger partial charge in [0.15, 0.2) is 11.6 Å². The van der Waals surface area contributed by atoms with Gasteiger partial charge in [-0.2, -0.15) is 0 Å². The van der Waals surface area contributed by atoms with Crippen LogP contribution >= 0.6 is 0 Å². The number of nitrogens with two attached hydrogens (primary N) is 1. The normalized spacial score (nSPS) is 10.2. The van der Waals surface area contributed by atoms with E-state index in [0.29, 0.717) is 18.1 Å². The van der Waals surface area contributed by atoms with E-state index in [1.807, 2.05) is 42.5 Å². The fourth-order valence-corrected chi connectivity index (χ4v) is 2.13. The smallest absolute Gasteiger partial charge is 0.407 e. The first kappa shape index (κ1) is 15.5. The van der Waals surface area contributed by atoms with Crippen LogP contribution in [0.2, 0.25) is 0 Å². The second kappa shape index (κ2) is 7.23. The van der Waals surface area contributed by atoms with Gasteiger partial charge in [0.25, 0.3) is 0 Å². The van der Waals surface area contributed by atoms with Crippen molar-refractivity contribution in [2.45, 2.75) is 6.54 Å². The molecule has 1 aromatic heterocycles. The first-order valence-electron chi connectivity index (χ1n) is 7.38. The Morgan fingerprint density at radius 3 is 2.50 bits per heavy atom. The Bertz CT molecular complexity index is 820. The number of anilines is 1. The monoisotopic (exact) mass is 320 g/mol. The Morgan fingerprint density at radius 1 is 1.04 bits per heavy atom. The highest BCUT2D eigenvalue weighted by Crippen LogP contribution is 2.16. The van der Waals surface area contributed by atoms with Gasteiger partial charge >= 0.3 is 6.09 Å². The largest absolute Gasteiger partial charge is 0.412 e. The van der Waals surface area contributed by atoms with Crippen molar-refractivity contribution in [2.24, 2.45) is 0 Å². The van der Waals surface area contributed by atoms with Crippen molar-refractivity contribution in [1.82, 2.24) is 15.3 Å². The molecule has 0 radical (unpaired) electrons. The summed E-state index contributed by atoms with van der Waals surface area (Å²) in [5.41, 5.74) is 8.13. The summed E-state index contributed by atoms with van der Waals surface area (Å²) in [5, 5.41) is 2.65. The number of carbonyl (C=O) groups is 1. The van der Waals surface area contributed by atoms with Crippen molar-refractivity contribution < 1.29 is 9.53 Å². The van der Waals surface area contributed by atoms with Crippen molar-refractivity contribution in [1.29, 1.82) is 0 Å². The summed E-state index contributed by atoms with van der Waals surface area (Å²) in [6, 6.07) is 16.8. The Morgan fingerprint density at radius 2 is 1.79 bits per heavy atom. The van der Waals surface area contributed by atoms with E-state index < -0.39 is 6.09 Å². The third-order valence-corrected chi connectivity index (χ3v) is 3.26. The van der Waals surface area contributed by atoms with Gasteiger partial charge in [-0.05, 0) is 17.7 Å². The van der Waals surface area contributed by atoms with Crippen LogP contribution < -0.4 is 15.8 Å². The van der Waals surface area contributed by atoms with E-state index in [0.717, 1.165) is 11.1 Å². The molecule has 0 aliphatic carbocycles. The average Bonchev–Trinajstić information content (AvgIpc) is 2.61. The fraction of sp³-hybridized carbons (Fsp3) is 0.0556. The zero-order valence-electron chi connectivity index (χ0n) is 12.8. The molecule has 3 aromatic rings. The summed E-state index contributed by atoms with van der Waals surface area (Å²) >= 11 is 0. The van der Waals surface area contributed by atoms with Crippen LogP contribution in [0.25, 0.3) is 11.4 Å². The number of amides is 1. The quantitative estimate of drug-likeness (QED) is 0.721. The number of nitrogens with zero attached hydrogens (tertiary/aromatic N) is 2. The molecular formula is C18H16N4O2. The van der Waals surface area contributed by atoms with Gasteiger partial charge < -0.3 is 15.8 Å². The topological polar surface area (TPSA) is 90.1 Å². The second-order valence-corrected chi connectivity index (χ2v) is 5.10. The molecule has 0 fully saturated rings. The summed E-state index contributed by atoms with van der Waals surface area (Å²) in [4.78, 5) is 20.2. The average molecular weight is 320 g/mol. The molecule has 0 atom stereocenters. The molecule has 0 saturated carbocycles. The minimum Gasteiger partial charge on any atom is -0.407 e. The molecule has 3 N–H and O–H groups in total. The van der Waals surface area contributed by atoms with Gasteiger partial charge in [-0.15, -0.1) is 0 Å². The number of aromatic nitrogens is 2. The molecule has 0 unspecified atom stereocenters. The third kappa shape index (κ3) is 4.07. The highest BCUT2D eigenvalue weighted by atomic mass is 16.6. The summed E-state index contributed by atoms with van der Waals surface area (Å²) in [6.07, 6.45) is 2.36. The van der Waals surface area contributed by atoms with E-state index in [-0.39, 0.29) is 5.75 Å². The molecule has 1 heterocycles. The lowest BCUT2D eigenvalue weighted by atomic mass is 10.2. The number of benzene rings is 2. The zero-order valence-corrected chi connectivity index (χ0v) is 12.8. The summed E-state index contributed by atoms with van der Waals surface area (Å²) in [7, 11) is 0. The third-order valence-electron chi connectivity index (χ3n) is 3.26. The molecule has 24 heavy (non-hydrogen) atoms. The SMILES string of the molecule is Nc1cccc(CNC(=O)Oc2cnc(-c3ccccc3)nc2)c1. The van der Waals surface area contributed by atoms with E-state index in [1.54, 1.807) is 12.1 Å². The molecule has 0 spiro atoms. The van der Waals surface area contributed by atoms with Crippen LogP contribution in [0, 0.1) is 0 Å². The predicted octanol–water partition coefficient (Wildman–Crippen LogP) is 3.01. The van der Waals surface area contributed by atoms with E-state index in [2.05, 4.69) is 15.3 Å². The summed E-state index contributed by atoms with van der Waals surface area (Å²) in [6.45, 7) is 0.326. The lowest BCUT2D eigenvalue weighted by Gasteiger charge is -2.07. The van der Waals surface area contributed by atoms with Crippen LogP contribution in [0.15, 0.2) is 67.0 Å². The van der Waals surface area contributed by atoms with Gasteiger partial charge in [-0.1, -0.05) is 42.5 Å². The van der Waals surface area contributed by atoms with Gasteiger partial charge in [0.05, 0.1) is 12.4 Å². The minimum absolute atomic E-state index is 0.278. The van der Waals surface area contributed by atoms with Gasteiger partial charge in [-0.3, -0.25) is 0 Å². The molecule has 0 aliphatic rings. The van der Waals surface area contributed by atoms with Crippen LogP contribution in [0.4, 0.5) is 10.5 Å². The molecule has 0 bridgehead atoms. The predicted molar refractivity (Wildman–Crippen MR) is 91.2 cm³/mol. The standard InChI is InChI=1S/C18H16N4O2/c19-15-8-4-5-13(9-15)10-22-18(23)24-16-11-20-17(21-12-16)14-6-2-1-3-7-14/h1-9,11-12H,10,19H2,(H,22,23). The molecule has 6 nitrogen and oxygen atoms in total. The van der Waals surface area contributed by atoms with Crippen molar-refractivity contribution in [3.8, 4) is 17.1 Å². The molecular weight excluding hydrogens is 304 g/mol. The van der Waals surface area contributed by atoms with E-state index in [9.17, 15) is 4.79 Å². The molecule has 3 rings (SSSR count). The van der Waals surface area contributed by atoms with Crippen LogP contribution in [-0.4, -0.2) is 16.1 Å². The first-order chi connectivity index (χ1) is 11.7.